The number of hydrogen-bond donors (Lipinski definition) is 2. The molecule has 24 heavy (non-hydrogen) atoms. The van der Waals surface area contributed by atoms with Crippen molar-refractivity contribution in [2.45, 2.75) is 13.3 Å². The first-order valence-electron chi connectivity index (χ1n) is 7.21. The van der Waals surface area contributed by atoms with Crippen LogP contribution in [-0.2, 0) is 4.79 Å². The Morgan fingerprint density at radius 2 is 1.96 bits per heavy atom. The summed E-state index contributed by atoms with van der Waals surface area (Å²) in [4.78, 5) is 22.8. The van der Waals surface area contributed by atoms with Crippen molar-refractivity contribution in [3.8, 4) is 0 Å². The van der Waals surface area contributed by atoms with E-state index in [9.17, 15) is 19.1 Å². The molecule has 0 bridgehead atoms. The Morgan fingerprint density at radius 1 is 1.21 bits per heavy atom. The number of carboxylic acid groups (broad SMARTS) is 1. The highest BCUT2D eigenvalue weighted by Crippen LogP contribution is 2.21. The highest BCUT2D eigenvalue weighted by molar-refractivity contribution is 6.30. The fourth-order valence-electron chi connectivity index (χ4n) is 2.01. The molecule has 2 aromatic carbocycles. The maximum absolute atomic E-state index is 13.7. The number of rotatable bonds is 5. The van der Waals surface area contributed by atoms with Crippen LogP contribution in [0.2, 0.25) is 5.02 Å². The molecule has 0 aliphatic heterocycles. The van der Waals surface area contributed by atoms with E-state index in [2.05, 4.69) is 5.32 Å². The Hall–Kier alpha value is -2.66. The zero-order valence-corrected chi connectivity index (χ0v) is 13.6. The number of amides is 1. The van der Waals surface area contributed by atoms with Gasteiger partial charge in [0.25, 0.3) is 0 Å². The molecule has 0 saturated heterocycles. The third kappa shape index (κ3) is 4.43. The van der Waals surface area contributed by atoms with Crippen LogP contribution in [0.15, 0.2) is 36.4 Å². The van der Waals surface area contributed by atoms with Crippen molar-refractivity contribution in [2.24, 2.45) is 0 Å². The van der Waals surface area contributed by atoms with Gasteiger partial charge in [0.1, 0.15) is 5.82 Å². The van der Waals surface area contributed by atoms with Crippen LogP contribution in [0.1, 0.15) is 34.8 Å². The van der Waals surface area contributed by atoms with Gasteiger partial charge in [0.2, 0.25) is 5.91 Å². The quantitative estimate of drug-likeness (QED) is 0.771. The molecule has 0 aliphatic carbocycles. The Bertz CT molecular complexity index is 818. The Balaban J connectivity index is 2.31. The third-order valence-corrected chi connectivity index (χ3v) is 3.52. The molecule has 2 rings (SSSR count). The average molecular weight is 348 g/mol. The molecule has 0 atom stereocenters. The highest BCUT2D eigenvalue weighted by Gasteiger charge is 2.12. The fraction of sp³-hybridized carbons (Fsp3) is 0.111. The number of benzene rings is 2. The van der Waals surface area contributed by atoms with Gasteiger partial charge >= 0.3 is 5.97 Å². The van der Waals surface area contributed by atoms with Crippen molar-refractivity contribution in [1.82, 2.24) is 0 Å². The lowest BCUT2D eigenvalue weighted by atomic mass is 10.1. The van der Waals surface area contributed by atoms with Gasteiger partial charge in [-0.25, -0.2) is 9.18 Å². The predicted molar refractivity (Wildman–Crippen MR) is 92.7 cm³/mol. The third-order valence-electron chi connectivity index (χ3n) is 3.29. The molecule has 0 spiro atoms. The molecule has 0 heterocycles. The van der Waals surface area contributed by atoms with E-state index in [4.69, 9.17) is 11.6 Å². The molecule has 4 nitrogen and oxygen atoms in total. The predicted octanol–water partition coefficient (Wildman–Crippen LogP) is 4.70. The van der Waals surface area contributed by atoms with E-state index in [1.54, 1.807) is 25.1 Å². The fourth-order valence-corrected chi connectivity index (χ4v) is 2.17. The number of halogens is 2. The lowest BCUT2D eigenvalue weighted by Crippen LogP contribution is -2.13. The van der Waals surface area contributed by atoms with Crippen molar-refractivity contribution in [3.63, 3.8) is 0 Å². The van der Waals surface area contributed by atoms with Gasteiger partial charge in [-0.05, 0) is 29.8 Å². The smallest absolute Gasteiger partial charge is 0.337 e. The first-order valence-corrected chi connectivity index (χ1v) is 7.59. The van der Waals surface area contributed by atoms with Gasteiger partial charge < -0.3 is 10.4 Å². The Labute approximate surface area is 143 Å². The van der Waals surface area contributed by atoms with E-state index >= 15 is 0 Å². The maximum atomic E-state index is 13.7. The number of aromatic carboxylic acids is 1. The number of carbonyl (C=O) groups is 2. The number of anilines is 1. The van der Waals surface area contributed by atoms with Crippen LogP contribution in [-0.4, -0.2) is 17.0 Å². The average Bonchev–Trinajstić information content (AvgIpc) is 2.54. The number of hydrogen-bond acceptors (Lipinski definition) is 2. The van der Waals surface area contributed by atoms with Crippen LogP contribution >= 0.6 is 11.6 Å². The summed E-state index contributed by atoms with van der Waals surface area (Å²) in [6.45, 7) is 1.67. The van der Waals surface area contributed by atoms with E-state index < -0.39 is 11.8 Å². The monoisotopic (exact) mass is 347 g/mol. The number of carbonyl (C=O) groups excluding carboxylic acids is 1. The van der Waals surface area contributed by atoms with Crippen molar-refractivity contribution >= 4 is 41.3 Å². The first kappa shape index (κ1) is 17.7. The summed E-state index contributed by atoms with van der Waals surface area (Å²) in [7, 11) is 0. The van der Waals surface area contributed by atoms with Crippen molar-refractivity contribution in [3.05, 3.63) is 63.9 Å². The maximum Gasteiger partial charge on any atom is 0.337 e. The topological polar surface area (TPSA) is 66.4 Å². The highest BCUT2D eigenvalue weighted by atomic mass is 35.5. The van der Waals surface area contributed by atoms with Crippen LogP contribution in [0.25, 0.3) is 12.2 Å². The summed E-state index contributed by atoms with van der Waals surface area (Å²) in [6.07, 6.45) is 3.36. The molecule has 2 aromatic rings. The van der Waals surface area contributed by atoms with E-state index in [-0.39, 0.29) is 23.6 Å². The molecule has 0 fully saturated rings. The molecule has 0 aromatic heterocycles. The first-order chi connectivity index (χ1) is 11.4. The molecule has 0 radical (unpaired) electrons. The number of carboxylic acids is 1. The van der Waals surface area contributed by atoms with E-state index in [0.717, 1.165) is 0 Å². The number of nitrogens with one attached hydrogen (secondary N) is 1. The molecule has 0 unspecified atom stereocenters. The molecule has 0 aliphatic rings. The molecule has 1 amide bonds. The van der Waals surface area contributed by atoms with Crippen LogP contribution < -0.4 is 5.32 Å². The van der Waals surface area contributed by atoms with Gasteiger partial charge in [0.05, 0.1) is 11.3 Å². The summed E-state index contributed by atoms with van der Waals surface area (Å²) in [5.74, 6) is -1.90. The van der Waals surface area contributed by atoms with E-state index in [1.165, 1.54) is 30.3 Å². The Kier molecular flexibility index (Phi) is 5.71. The van der Waals surface area contributed by atoms with E-state index in [1.807, 2.05) is 0 Å². The van der Waals surface area contributed by atoms with Gasteiger partial charge in [0.15, 0.2) is 0 Å². The minimum Gasteiger partial charge on any atom is -0.478 e. The summed E-state index contributed by atoms with van der Waals surface area (Å²) < 4.78 is 13.7. The van der Waals surface area contributed by atoms with Crippen molar-refractivity contribution in [1.29, 1.82) is 0 Å². The van der Waals surface area contributed by atoms with Crippen LogP contribution in [0.3, 0.4) is 0 Å². The minimum absolute atomic E-state index is 0.0319. The zero-order chi connectivity index (χ0) is 17.7. The summed E-state index contributed by atoms with van der Waals surface area (Å²) in [5, 5.41) is 12.1. The molecule has 6 heteroatoms. The second kappa shape index (κ2) is 7.75. The summed E-state index contributed by atoms with van der Waals surface area (Å²) >= 11 is 5.70. The van der Waals surface area contributed by atoms with Gasteiger partial charge in [-0.1, -0.05) is 42.8 Å². The molecule has 124 valence electrons. The lowest BCUT2D eigenvalue weighted by Gasteiger charge is -2.08. The Morgan fingerprint density at radius 3 is 2.58 bits per heavy atom. The molecular weight excluding hydrogens is 333 g/mol. The van der Waals surface area contributed by atoms with Gasteiger partial charge in [-0.15, -0.1) is 0 Å². The van der Waals surface area contributed by atoms with Gasteiger partial charge in [0, 0.05) is 17.0 Å². The second-order valence-corrected chi connectivity index (χ2v) is 5.45. The largest absolute Gasteiger partial charge is 0.478 e. The zero-order valence-electron chi connectivity index (χ0n) is 12.8. The SMILES string of the molecule is CCC(=O)Nc1ccc(/C=C/c2ccc(Cl)cc2F)cc1C(=O)O. The summed E-state index contributed by atoms with van der Waals surface area (Å²) in [6, 6.07) is 8.86. The second-order valence-electron chi connectivity index (χ2n) is 5.01. The van der Waals surface area contributed by atoms with E-state index in [0.29, 0.717) is 16.1 Å². The van der Waals surface area contributed by atoms with Gasteiger partial charge in [-0.2, -0.15) is 0 Å². The van der Waals surface area contributed by atoms with Crippen molar-refractivity contribution < 1.29 is 19.1 Å². The molecule has 2 N–H and O–H groups in total. The molecule has 0 saturated carbocycles. The minimum atomic E-state index is -1.16. The standard InChI is InChI=1S/C18H15ClFNO3/c1-2-17(22)21-16-8-4-11(9-14(16)18(23)24)3-5-12-6-7-13(19)10-15(12)20/h3-10H,2H2,1H3,(H,21,22)(H,23,24)/b5-3+. The van der Waals surface area contributed by atoms with Crippen LogP contribution in [0.4, 0.5) is 10.1 Å². The summed E-state index contributed by atoms with van der Waals surface area (Å²) in [5.41, 5.74) is 1.09. The molecular formula is C18H15ClFNO3. The van der Waals surface area contributed by atoms with Crippen molar-refractivity contribution in [2.75, 3.05) is 5.32 Å². The lowest BCUT2D eigenvalue weighted by molar-refractivity contribution is -0.115. The normalized spacial score (nSPS) is 10.8. The van der Waals surface area contributed by atoms with Crippen LogP contribution in [0.5, 0.6) is 0 Å². The van der Waals surface area contributed by atoms with Gasteiger partial charge in [-0.3, -0.25) is 4.79 Å². The van der Waals surface area contributed by atoms with Crippen LogP contribution in [0, 0.1) is 5.82 Å².